The van der Waals surface area contributed by atoms with E-state index in [2.05, 4.69) is 15.3 Å². The molecule has 110 valence electrons. The Morgan fingerprint density at radius 1 is 1.23 bits per heavy atom. The highest BCUT2D eigenvalue weighted by atomic mass is 35.5. The van der Waals surface area contributed by atoms with Crippen molar-refractivity contribution in [2.45, 2.75) is 0 Å². The van der Waals surface area contributed by atoms with Gasteiger partial charge in [-0.05, 0) is 30.3 Å². The van der Waals surface area contributed by atoms with Crippen molar-refractivity contribution in [1.29, 1.82) is 0 Å². The Morgan fingerprint density at radius 2 is 2.09 bits per heavy atom. The number of hydrogen-bond acceptors (Lipinski definition) is 4. The lowest BCUT2D eigenvalue weighted by atomic mass is 10.2. The van der Waals surface area contributed by atoms with E-state index in [0.29, 0.717) is 20.7 Å². The fraction of sp³-hybridized carbons (Fsp3) is 0. The summed E-state index contributed by atoms with van der Waals surface area (Å²) in [5.41, 5.74) is 1.96. The van der Waals surface area contributed by atoms with E-state index >= 15 is 0 Å². The molecule has 7 heteroatoms. The number of rotatable bonds is 3. The highest BCUT2D eigenvalue weighted by molar-refractivity contribution is 7.14. The van der Waals surface area contributed by atoms with Crippen molar-refractivity contribution in [3.63, 3.8) is 0 Å². The molecule has 1 aromatic carbocycles. The van der Waals surface area contributed by atoms with Crippen molar-refractivity contribution in [1.82, 2.24) is 9.97 Å². The number of benzene rings is 1. The van der Waals surface area contributed by atoms with Crippen LogP contribution < -0.4 is 5.32 Å². The normalized spacial score (nSPS) is 10.5. The van der Waals surface area contributed by atoms with Gasteiger partial charge in [-0.2, -0.15) is 0 Å². The van der Waals surface area contributed by atoms with Gasteiger partial charge in [-0.15, -0.1) is 11.3 Å². The van der Waals surface area contributed by atoms with Crippen molar-refractivity contribution in [2.24, 2.45) is 0 Å². The molecule has 3 rings (SSSR count). The van der Waals surface area contributed by atoms with Crippen molar-refractivity contribution in [3.8, 4) is 11.3 Å². The van der Waals surface area contributed by atoms with Crippen molar-refractivity contribution in [3.05, 3.63) is 63.7 Å². The molecule has 0 aliphatic rings. The van der Waals surface area contributed by atoms with Crippen LogP contribution in [0, 0.1) is 0 Å². The summed E-state index contributed by atoms with van der Waals surface area (Å²) in [6, 6.07) is 8.47. The number of halogens is 2. The molecule has 0 atom stereocenters. The summed E-state index contributed by atoms with van der Waals surface area (Å²) in [6.45, 7) is 0. The second kappa shape index (κ2) is 6.44. The number of anilines is 1. The van der Waals surface area contributed by atoms with E-state index in [4.69, 9.17) is 23.2 Å². The third-order valence-electron chi connectivity index (χ3n) is 2.85. The van der Waals surface area contributed by atoms with Crippen molar-refractivity contribution < 1.29 is 4.79 Å². The first-order valence-corrected chi connectivity index (χ1v) is 7.89. The molecular formula is C15H9Cl2N3OS. The zero-order valence-corrected chi connectivity index (χ0v) is 13.4. The van der Waals surface area contributed by atoms with Crippen LogP contribution in [0.15, 0.2) is 48.1 Å². The van der Waals surface area contributed by atoms with Crippen molar-refractivity contribution in [2.75, 3.05) is 5.32 Å². The number of aromatic nitrogens is 2. The van der Waals surface area contributed by atoms with Crippen LogP contribution in [-0.2, 0) is 0 Å². The van der Waals surface area contributed by atoms with Crippen LogP contribution in [0.5, 0.6) is 0 Å². The molecule has 1 amide bonds. The second-order valence-corrected chi connectivity index (χ2v) is 6.06. The van der Waals surface area contributed by atoms with Gasteiger partial charge in [0.2, 0.25) is 0 Å². The largest absolute Gasteiger partial charge is 0.298 e. The summed E-state index contributed by atoms with van der Waals surface area (Å²) in [6.07, 6.45) is 3.41. The van der Waals surface area contributed by atoms with Gasteiger partial charge in [-0.25, -0.2) is 4.98 Å². The zero-order chi connectivity index (χ0) is 15.5. The molecule has 1 N–H and O–H groups in total. The summed E-state index contributed by atoms with van der Waals surface area (Å²) < 4.78 is 0. The minimum Gasteiger partial charge on any atom is -0.298 e. The van der Waals surface area contributed by atoms with Gasteiger partial charge in [-0.1, -0.05) is 23.2 Å². The SMILES string of the molecule is O=C(Nc1nc(-c2cccnc2)cs1)c1cc(Cl)ccc1Cl. The van der Waals surface area contributed by atoms with Gasteiger partial charge >= 0.3 is 0 Å². The fourth-order valence-corrected chi connectivity index (χ4v) is 2.90. The third kappa shape index (κ3) is 3.27. The van der Waals surface area contributed by atoms with Crippen LogP contribution >= 0.6 is 34.5 Å². The Labute approximate surface area is 140 Å². The molecule has 4 nitrogen and oxygen atoms in total. The molecule has 0 saturated heterocycles. The molecule has 0 radical (unpaired) electrons. The molecule has 0 bridgehead atoms. The molecule has 2 aromatic heterocycles. The van der Waals surface area contributed by atoms with Crippen LogP contribution in [0.2, 0.25) is 10.0 Å². The van der Waals surface area contributed by atoms with Gasteiger partial charge in [0, 0.05) is 28.4 Å². The van der Waals surface area contributed by atoms with Gasteiger partial charge in [0.15, 0.2) is 5.13 Å². The van der Waals surface area contributed by atoms with E-state index in [0.717, 1.165) is 11.3 Å². The maximum Gasteiger partial charge on any atom is 0.259 e. The summed E-state index contributed by atoms with van der Waals surface area (Å²) in [5, 5.41) is 5.85. The average Bonchev–Trinajstić information content (AvgIpc) is 2.99. The molecular weight excluding hydrogens is 341 g/mol. The Kier molecular flexibility index (Phi) is 4.38. The topological polar surface area (TPSA) is 54.9 Å². The van der Waals surface area contributed by atoms with E-state index in [1.54, 1.807) is 24.5 Å². The molecule has 0 aliphatic heterocycles. The standard InChI is InChI=1S/C15H9Cl2N3OS/c16-10-3-4-12(17)11(6-10)14(21)20-15-19-13(8-22-15)9-2-1-5-18-7-9/h1-8H,(H,19,20,21). The molecule has 22 heavy (non-hydrogen) atoms. The molecule has 0 saturated carbocycles. The molecule has 0 unspecified atom stereocenters. The number of nitrogens with zero attached hydrogens (tertiary/aromatic N) is 2. The summed E-state index contributed by atoms with van der Waals surface area (Å²) in [5.74, 6) is -0.348. The van der Waals surface area contributed by atoms with Crippen LogP contribution in [0.1, 0.15) is 10.4 Å². The number of pyridine rings is 1. The lowest BCUT2D eigenvalue weighted by Gasteiger charge is -2.04. The Bertz CT molecular complexity index is 821. The first kappa shape index (κ1) is 15.0. The van der Waals surface area contributed by atoms with Crippen LogP contribution in [0.3, 0.4) is 0 Å². The monoisotopic (exact) mass is 349 g/mol. The summed E-state index contributed by atoms with van der Waals surface area (Å²) in [4.78, 5) is 20.6. The molecule has 0 aliphatic carbocycles. The first-order valence-electron chi connectivity index (χ1n) is 6.26. The minimum absolute atomic E-state index is 0.312. The average molecular weight is 350 g/mol. The Balaban J connectivity index is 1.81. The first-order chi connectivity index (χ1) is 10.6. The number of carbonyl (C=O) groups excluding carboxylic acids is 1. The van der Waals surface area contributed by atoms with Gasteiger partial charge in [0.25, 0.3) is 5.91 Å². The minimum atomic E-state index is -0.348. The van der Waals surface area contributed by atoms with Crippen LogP contribution in [0.25, 0.3) is 11.3 Å². The summed E-state index contributed by atoms with van der Waals surface area (Å²) in [7, 11) is 0. The predicted octanol–water partition coefficient (Wildman–Crippen LogP) is 4.76. The number of thiazole rings is 1. The quantitative estimate of drug-likeness (QED) is 0.741. The molecule has 0 spiro atoms. The van der Waals surface area contributed by atoms with Crippen LogP contribution in [0.4, 0.5) is 5.13 Å². The smallest absolute Gasteiger partial charge is 0.259 e. The van der Waals surface area contributed by atoms with E-state index in [1.165, 1.54) is 17.4 Å². The molecule has 2 heterocycles. The lowest BCUT2D eigenvalue weighted by molar-refractivity contribution is 0.102. The number of hydrogen-bond donors (Lipinski definition) is 1. The van der Waals surface area contributed by atoms with E-state index < -0.39 is 0 Å². The number of amides is 1. The lowest BCUT2D eigenvalue weighted by Crippen LogP contribution is -2.12. The zero-order valence-electron chi connectivity index (χ0n) is 11.1. The predicted molar refractivity (Wildman–Crippen MR) is 89.8 cm³/mol. The number of nitrogens with one attached hydrogen (secondary N) is 1. The third-order valence-corrected chi connectivity index (χ3v) is 4.18. The fourth-order valence-electron chi connectivity index (χ4n) is 1.81. The second-order valence-electron chi connectivity index (χ2n) is 4.36. The van der Waals surface area contributed by atoms with Crippen LogP contribution in [-0.4, -0.2) is 15.9 Å². The van der Waals surface area contributed by atoms with Crippen molar-refractivity contribution >= 4 is 45.6 Å². The maximum atomic E-state index is 12.2. The van der Waals surface area contributed by atoms with Gasteiger partial charge in [0.1, 0.15) is 0 Å². The Morgan fingerprint density at radius 3 is 2.86 bits per heavy atom. The Hall–Kier alpha value is -1.95. The molecule has 0 fully saturated rings. The highest BCUT2D eigenvalue weighted by Crippen LogP contribution is 2.26. The van der Waals surface area contributed by atoms with E-state index in [1.807, 2.05) is 17.5 Å². The van der Waals surface area contributed by atoms with Gasteiger partial charge in [-0.3, -0.25) is 15.1 Å². The van der Waals surface area contributed by atoms with E-state index in [-0.39, 0.29) is 5.91 Å². The highest BCUT2D eigenvalue weighted by Gasteiger charge is 2.13. The van der Waals surface area contributed by atoms with E-state index in [9.17, 15) is 4.79 Å². The van der Waals surface area contributed by atoms with Gasteiger partial charge in [0.05, 0.1) is 16.3 Å². The van der Waals surface area contributed by atoms with Gasteiger partial charge < -0.3 is 0 Å². The molecule has 3 aromatic rings. The number of carbonyl (C=O) groups is 1. The summed E-state index contributed by atoms with van der Waals surface area (Å²) >= 11 is 13.2. The maximum absolute atomic E-state index is 12.2.